The largest absolute Gasteiger partial charge is 0.308 e. The fraction of sp³-hybridized carbons (Fsp3) is 0.600. The van der Waals surface area contributed by atoms with E-state index in [0.717, 1.165) is 17.8 Å². The van der Waals surface area contributed by atoms with Crippen LogP contribution in [0.3, 0.4) is 0 Å². The van der Waals surface area contributed by atoms with Crippen molar-refractivity contribution in [2.24, 2.45) is 0 Å². The minimum Gasteiger partial charge on any atom is -0.308 e. The van der Waals surface area contributed by atoms with Gasteiger partial charge in [0.1, 0.15) is 9.84 Å². The van der Waals surface area contributed by atoms with E-state index in [9.17, 15) is 8.42 Å². The van der Waals surface area contributed by atoms with Gasteiger partial charge in [-0.1, -0.05) is 13.0 Å². The first-order valence-electron chi connectivity index (χ1n) is 4.97. The number of nitrogens with one attached hydrogen (secondary N) is 1. The van der Waals surface area contributed by atoms with Crippen LogP contribution in [0.25, 0.3) is 0 Å². The van der Waals surface area contributed by atoms with E-state index in [1.54, 1.807) is 11.3 Å². The van der Waals surface area contributed by atoms with Crippen molar-refractivity contribution in [3.05, 3.63) is 22.4 Å². The van der Waals surface area contributed by atoms with Crippen molar-refractivity contribution in [3.63, 3.8) is 0 Å². The van der Waals surface area contributed by atoms with E-state index >= 15 is 0 Å². The Kier molecular flexibility index (Phi) is 4.76. The van der Waals surface area contributed by atoms with Gasteiger partial charge in [0.15, 0.2) is 0 Å². The maximum Gasteiger partial charge on any atom is 0.149 e. The summed E-state index contributed by atoms with van der Waals surface area (Å²) >= 11 is 1.60. The lowest BCUT2D eigenvalue weighted by Gasteiger charge is -2.15. The first-order chi connectivity index (χ1) is 7.03. The van der Waals surface area contributed by atoms with Gasteiger partial charge in [0.2, 0.25) is 0 Å². The van der Waals surface area contributed by atoms with Gasteiger partial charge in [-0.3, -0.25) is 0 Å². The smallest absolute Gasteiger partial charge is 0.149 e. The fourth-order valence-electron chi connectivity index (χ4n) is 1.35. The molecule has 0 spiro atoms. The number of sulfone groups is 1. The third-order valence-electron chi connectivity index (χ3n) is 2.00. The third-order valence-corrected chi connectivity index (χ3v) is 3.92. The monoisotopic (exact) mass is 247 g/mol. The second kappa shape index (κ2) is 5.63. The molecule has 0 aliphatic carbocycles. The summed E-state index contributed by atoms with van der Waals surface area (Å²) in [6.07, 6.45) is 2.28. The predicted molar refractivity (Wildman–Crippen MR) is 65.1 cm³/mol. The Morgan fingerprint density at radius 3 is 2.73 bits per heavy atom. The first-order valence-corrected chi connectivity index (χ1v) is 7.91. The Balaban J connectivity index is 2.70. The molecule has 0 fully saturated rings. The summed E-state index contributed by atoms with van der Waals surface area (Å²) in [6.45, 7) is 2.91. The van der Waals surface area contributed by atoms with E-state index in [0.29, 0.717) is 0 Å². The molecule has 1 rings (SSSR count). The van der Waals surface area contributed by atoms with Gasteiger partial charge in [0, 0.05) is 11.1 Å². The van der Waals surface area contributed by atoms with E-state index in [1.165, 1.54) is 6.26 Å². The summed E-state index contributed by atoms with van der Waals surface area (Å²) in [7, 11) is -2.94. The zero-order valence-corrected chi connectivity index (χ0v) is 10.7. The molecule has 1 N–H and O–H groups in total. The van der Waals surface area contributed by atoms with Crippen molar-refractivity contribution in [2.75, 3.05) is 18.6 Å². The SMILES string of the molecule is CCCNC(CS(C)(=O)=O)c1cccs1. The summed E-state index contributed by atoms with van der Waals surface area (Å²) in [5, 5.41) is 5.23. The van der Waals surface area contributed by atoms with Crippen molar-refractivity contribution in [1.29, 1.82) is 0 Å². The third kappa shape index (κ3) is 4.77. The minimum absolute atomic E-state index is 0.0556. The summed E-state index contributed by atoms with van der Waals surface area (Å²) in [6, 6.07) is 3.87. The highest BCUT2D eigenvalue weighted by atomic mass is 32.2. The Bertz CT molecular complexity index is 370. The molecule has 5 heteroatoms. The van der Waals surface area contributed by atoms with E-state index in [-0.39, 0.29) is 11.8 Å². The Morgan fingerprint density at radius 2 is 2.27 bits per heavy atom. The summed E-state index contributed by atoms with van der Waals surface area (Å²) in [5.74, 6) is 0.174. The summed E-state index contributed by atoms with van der Waals surface area (Å²) < 4.78 is 22.5. The van der Waals surface area contributed by atoms with Crippen LogP contribution in [-0.2, 0) is 9.84 Å². The van der Waals surface area contributed by atoms with Crippen molar-refractivity contribution in [3.8, 4) is 0 Å². The zero-order chi connectivity index (χ0) is 11.3. The van der Waals surface area contributed by atoms with E-state index in [1.807, 2.05) is 17.5 Å². The second-order valence-electron chi connectivity index (χ2n) is 3.61. The van der Waals surface area contributed by atoms with Gasteiger partial charge in [0.25, 0.3) is 0 Å². The van der Waals surface area contributed by atoms with Crippen LogP contribution >= 0.6 is 11.3 Å². The molecule has 1 aromatic rings. The van der Waals surface area contributed by atoms with Crippen LogP contribution in [0.4, 0.5) is 0 Å². The zero-order valence-electron chi connectivity index (χ0n) is 9.06. The average Bonchev–Trinajstić information content (AvgIpc) is 2.63. The molecule has 15 heavy (non-hydrogen) atoms. The van der Waals surface area contributed by atoms with E-state index < -0.39 is 9.84 Å². The molecule has 0 radical (unpaired) electrons. The van der Waals surface area contributed by atoms with Crippen molar-refractivity contribution in [2.45, 2.75) is 19.4 Å². The highest BCUT2D eigenvalue weighted by molar-refractivity contribution is 7.90. The fourth-order valence-corrected chi connectivity index (χ4v) is 3.16. The van der Waals surface area contributed by atoms with Crippen LogP contribution in [0.15, 0.2) is 17.5 Å². The van der Waals surface area contributed by atoms with Crippen molar-refractivity contribution >= 4 is 21.2 Å². The molecule has 0 saturated heterocycles. The molecule has 0 aliphatic rings. The van der Waals surface area contributed by atoms with E-state index in [2.05, 4.69) is 12.2 Å². The minimum atomic E-state index is -2.94. The van der Waals surface area contributed by atoms with Crippen LogP contribution in [-0.4, -0.2) is 27.0 Å². The molecule has 1 atom stereocenters. The average molecular weight is 247 g/mol. The molecule has 3 nitrogen and oxygen atoms in total. The molecule has 0 aromatic carbocycles. The van der Waals surface area contributed by atoms with Crippen LogP contribution in [0.5, 0.6) is 0 Å². The van der Waals surface area contributed by atoms with Crippen molar-refractivity contribution in [1.82, 2.24) is 5.32 Å². The molecule has 0 amide bonds. The molecular weight excluding hydrogens is 230 g/mol. The molecule has 0 saturated carbocycles. The van der Waals surface area contributed by atoms with Gasteiger partial charge in [-0.15, -0.1) is 11.3 Å². The predicted octanol–water partition coefficient (Wildman–Crippen LogP) is 1.83. The Hall–Kier alpha value is -0.390. The maximum absolute atomic E-state index is 11.3. The van der Waals surface area contributed by atoms with Crippen LogP contribution in [0.2, 0.25) is 0 Å². The van der Waals surface area contributed by atoms with Crippen LogP contribution < -0.4 is 5.32 Å². The normalized spacial score (nSPS) is 14.0. The highest BCUT2D eigenvalue weighted by Gasteiger charge is 2.17. The van der Waals surface area contributed by atoms with Crippen LogP contribution in [0.1, 0.15) is 24.3 Å². The number of rotatable bonds is 6. The molecular formula is C10H17NO2S2. The lowest BCUT2D eigenvalue weighted by Crippen LogP contribution is -2.27. The lowest BCUT2D eigenvalue weighted by atomic mass is 10.2. The van der Waals surface area contributed by atoms with Gasteiger partial charge < -0.3 is 5.32 Å². The summed E-state index contributed by atoms with van der Waals surface area (Å²) in [4.78, 5) is 1.09. The molecule has 0 bridgehead atoms. The van der Waals surface area contributed by atoms with Crippen LogP contribution in [0, 0.1) is 0 Å². The van der Waals surface area contributed by atoms with Gasteiger partial charge in [-0.25, -0.2) is 8.42 Å². The molecule has 1 aromatic heterocycles. The molecule has 86 valence electrons. The Labute approximate surface area is 95.4 Å². The van der Waals surface area contributed by atoms with Gasteiger partial charge in [0.05, 0.1) is 11.8 Å². The lowest BCUT2D eigenvalue weighted by molar-refractivity contribution is 0.554. The second-order valence-corrected chi connectivity index (χ2v) is 6.78. The molecule has 1 heterocycles. The quantitative estimate of drug-likeness (QED) is 0.834. The molecule has 0 aliphatic heterocycles. The van der Waals surface area contributed by atoms with Gasteiger partial charge in [-0.05, 0) is 24.4 Å². The maximum atomic E-state index is 11.3. The number of thiophene rings is 1. The van der Waals surface area contributed by atoms with Crippen molar-refractivity contribution < 1.29 is 8.42 Å². The highest BCUT2D eigenvalue weighted by Crippen LogP contribution is 2.20. The number of hydrogen-bond donors (Lipinski definition) is 1. The Morgan fingerprint density at radius 1 is 1.53 bits per heavy atom. The number of hydrogen-bond acceptors (Lipinski definition) is 4. The van der Waals surface area contributed by atoms with Gasteiger partial charge in [-0.2, -0.15) is 0 Å². The summed E-state index contributed by atoms with van der Waals surface area (Å²) in [5.41, 5.74) is 0. The topological polar surface area (TPSA) is 46.2 Å². The van der Waals surface area contributed by atoms with Gasteiger partial charge >= 0.3 is 0 Å². The van der Waals surface area contributed by atoms with E-state index in [4.69, 9.17) is 0 Å². The standard InChI is InChI=1S/C10H17NO2S2/c1-3-6-11-9(8-15(2,12)13)10-5-4-7-14-10/h4-5,7,9,11H,3,6,8H2,1-2H3. The molecule has 1 unspecified atom stereocenters. The first kappa shape index (κ1) is 12.7.